The number of aromatic nitrogens is 4. The first-order chi connectivity index (χ1) is 14.5. The Kier molecular flexibility index (Phi) is 6.58. The molecule has 3 rings (SSSR count). The lowest BCUT2D eigenvalue weighted by Crippen LogP contribution is -2.25. The molecule has 1 heterocycles. The Morgan fingerprint density at radius 2 is 1.73 bits per heavy atom. The molecule has 0 saturated heterocycles. The van der Waals surface area contributed by atoms with Crippen LogP contribution in [0.4, 0.5) is 0 Å². The number of carbonyl (C=O) groups excluding carboxylic acids is 1. The topological polar surface area (TPSA) is 113 Å². The monoisotopic (exact) mass is 410 g/mol. The zero-order valence-corrected chi connectivity index (χ0v) is 17.1. The zero-order chi connectivity index (χ0) is 21.5. The van der Waals surface area contributed by atoms with E-state index in [-0.39, 0.29) is 12.5 Å². The average molecular weight is 410 g/mol. The predicted molar refractivity (Wildman–Crippen MR) is 110 cm³/mol. The van der Waals surface area contributed by atoms with E-state index in [0.717, 1.165) is 5.56 Å². The third-order valence-corrected chi connectivity index (χ3v) is 4.20. The molecule has 0 radical (unpaired) electrons. The average Bonchev–Trinajstić information content (AvgIpc) is 3.25. The number of hydrogen-bond acceptors (Lipinski definition) is 8. The predicted octanol–water partition coefficient (Wildman–Crippen LogP) is 1.91. The van der Waals surface area contributed by atoms with Crippen LogP contribution in [0, 0.1) is 0 Å². The highest BCUT2D eigenvalue weighted by molar-refractivity contribution is 6.00. The van der Waals surface area contributed by atoms with Crippen molar-refractivity contribution < 1.29 is 19.0 Å². The molecule has 0 fully saturated rings. The van der Waals surface area contributed by atoms with E-state index < -0.39 is 0 Å². The van der Waals surface area contributed by atoms with Gasteiger partial charge < -0.3 is 14.2 Å². The molecule has 10 heteroatoms. The van der Waals surface area contributed by atoms with Crippen LogP contribution in [0.15, 0.2) is 47.6 Å². The lowest BCUT2D eigenvalue weighted by molar-refractivity contribution is -0.122. The normalized spacial score (nSPS) is 11.1. The van der Waals surface area contributed by atoms with Crippen molar-refractivity contribution in [1.29, 1.82) is 0 Å². The van der Waals surface area contributed by atoms with Gasteiger partial charge in [-0.15, -0.1) is 10.2 Å². The maximum absolute atomic E-state index is 12.2. The summed E-state index contributed by atoms with van der Waals surface area (Å²) in [6, 6.07) is 12.9. The van der Waals surface area contributed by atoms with Gasteiger partial charge in [-0.25, -0.2) is 5.43 Å². The Morgan fingerprint density at radius 1 is 1.07 bits per heavy atom. The van der Waals surface area contributed by atoms with Crippen LogP contribution in [0.5, 0.6) is 17.2 Å². The number of hydrogen-bond donors (Lipinski definition) is 1. The molecule has 0 bridgehead atoms. The first-order valence-corrected chi connectivity index (χ1v) is 9.02. The molecule has 1 aromatic heterocycles. The van der Waals surface area contributed by atoms with Crippen molar-refractivity contribution in [2.45, 2.75) is 13.5 Å². The molecule has 10 nitrogen and oxygen atoms in total. The van der Waals surface area contributed by atoms with Gasteiger partial charge >= 0.3 is 0 Å². The molecule has 0 unspecified atom stereocenters. The second-order valence-electron chi connectivity index (χ2n) is 6.16. The maximum Gasteiger partial charge on any atom is 0.263 e. The number of methoxy groups -OCH3 is 3. The van der Waals surface area contributed by atoms with Gasteiger partial charge in [-0.3, -0.25) is 4.79 Å². The van der Waals surface area contributed by atoms with Crippen molar-refractivity contribution in [2.75, 3.05) is 21.3 Å². The number of hydrazone groups is 1. The standard InChI is InChI=1S/C20H22N6O4/c1-13(15-10-16(28-2)19(30-4)17(11-15)29-3)21-22-18(27)12-26-24-20(23-25-26)14-8-6-5-7-9-14/h5-11H,12H2,1-4H3,(H,22,27). The minimum absolute atomic E-state index is 0.119. The third kappa shape index (κ3) is 4.72. The van der Waals surface area contributed by atoms with E-state index in [1.54, 1.807) is 19.1 Å². The maximum atomic E-state index is 12.2. The molecule has 0 aliphatic carbocycles. The van der Waals surface area contributed by atoms with E-state index in [0.29, 0.717) is 34.3 Å². The van der Waals surface area contributed by atoms with Crippen molar-refractivity contribution in [3.05, 3.63) is 48.0 Å². The Balaban J connectivity index is 1.68. The summed E-state index contributed by atoms with van der Waals surface area (Å²) in [5.41, 5.74) is 4.57. The molecule has 0 spiro atoms. The molecule has 1 amide bonds. The SMILES string of the molecule is COc1cc(C(C)=NNC(=O)Cn2nnc(-c3ccccc3)n2)cc(OC)c1OC. The van der Waals surface area contributed by atoms with Gasteiger partial charge in [0.1, 0.15) is 6.54 Å². The fraction of sp³-hybridized carbons (Fsp3) is 0.250. The van der Waals surface area contributed by atoms with Gasteiger partial charge in [-0.1, -0.05) is 30.3 Å². The van der Waals surface area contributed by atoms with Crippen LogP contribution in [0.25, 0.3) is 11.4 Å². The van der Waals surface area contributed by atoms with Crippen molar-refractivity contribution in [1.82, 2.24) is 25.6 Å². The largest absolute Gasteiger partial charge is 0.493 e. The first kappa shape index (κ1) is 20.8. The second kappa shape index (κ2) is 9.50. The van der Waals surface area contributed by atoms with Crippen molar-refractivity contribution in [3.63, 3.8) is 0 Å². The van der Waals surface area contributed by atoms with Gasteiger partial charge in [-0.05, 0) is 24.3 Å². The Hall–Kier alpha value is -3.95. The van der Waals surface area contributed by atoms with Crippen LogP contribution in [-0.4, -0.2) is 53.2 Å². The summed E-state index contributed by atoms with van der Waals surface area (Å²) in [6.07, 6.45) is 0. The number of rotatable bonds is 8. The fourth-order valence-electron chi connectivity index (χ4n) is 2.68. The van der Waals surface area contributed by atoms with Gasteiger partial charge in [0.15, 0.2) is 11.5 Å². The van der Waals surface area contributed by atoms with Gasteiger partial charge in [0, 0.05) is 11.1 Å². The van der Waals surface area contributed by atoms with Crippen LogP contribution in [0.1, 0.15) is 12.5 Å². The quantitative estimate of drug-likeness (QED) is 0.446. The number of nitrogens with zero attached hydrogens (tertiary/aromatic N) is 5. The molecule has 30 heavy (non-hydrogen) atoms. The number of ether oxygens (including phenoxy) is 3. The summed E-state index contributed by atoms with van der Waals surface area (Å²) in [6.45, 7) is 1.63. The highest BCUT2D eigenvalue weighted by Crippen LogP contribution is 2.38. The molecule has 0 atom stereocenters. The Bertz CT molecular complexity index is 1020. The summed E-state index contributed by atoms with van der Waals surface area (Å²) in [5, 5.41) is 16.2. The molecule has 0 aliphatic heterocycles. The van der Waals surface area contributed by atoms with E-state index in [1.807, 2.05) is 30.3 Å². The molecule has 156 valence electrons. The van der Waals surface area contributed by atoms with Gasteiger partial charge in [0.25, 0.3) is 5.91 Å². The molecule has 0 saturated carbocycles. The van der Waals surface area contributed by atoms with Crippen LogP contribution in [-0.2, 0) is 11.3 Å². The van der Waals surface area contributed by atoms with E-state index in [4.69, 9.17) is 14.2 Å². The van der Waals surface area contributed by atoms with Crippen LogP contribution in [0.3, 0.4) is 0 Å². The van der Waals surface area contributed by atoms with Gasteiger partial charge in [0.2, 0.25) is 11.6 Å². The molecule has 1 N–H and O–H groups in total. The minimum atomic E-state index is -0.390. The van der Waals surface area contributed by atoms with Crippen molar-refractivity contribution >= 4 is 11.6 Å². The number of carbonyl (C=O) groups is 1. The molecule has 0 aliphatic rings. The molecule has 2 aromatic carbocycles. The third-order valence-electron chi connectivity index (χ3n) is 4.20. The lowest BCUT2D eigenvalue weighted by atomic mass is 10.1. The Labute approximate surface area is 173 Å². The summed E-state index contributed by atoms with van der Waals surface area (Å²) >= 11 is 0. The fourth-order valence-corrected chi connectivity index (χ4v) is 2.68. The number of nitrogens with one attached hydrogen (secondary N) is 1. The lowest BCUT2D eigenvalue weighted by Gasteiger charge is -2.14. The van der Waals surface area contributed by atoms with E-state index in [2.05, 4.69) is 25.9 Å². The number of tetrazole rings is 1. The molecular weight excluding hydrogens is 388 g/mol. The van der Waals surface area contributed by atoms with Crippen molar-refractivity contribution in [2.24, 2.45) is 5.10 Å². The summed E-state index contributed by atoms with van der Waals surface area (Å²) in [5.74, 6) is 1.52. The van der Waals surface area contributed by atoms with Crippen LogP contribution >= 0.6 is 0 Å². The second-order valence-corrected chi connectivity index (χ2v) is 6.16. The zero-order valence-electron chi connectivity index (χ0n) is 17.1. The van der Waals surface area contributed by atoms with E-state index in [9.17, 15) is 4.79 Å². The first-order valence-electron chi connectivity index (χ1n) is 9.02. The summed E-state index contributed by atoms with van der Waals surface area (Å²) in [4.78, 5) is 13.4. The molecule has 3 aromatic rings. The number of amides is 1. The highest BCUT2D eigenvalue weighted by Gasteiger charge is 2.15. The van der Waals surface area contributed by atoms with Gasteiger partial charge in [-0.2, -0.15) is 9.90 Å². The minimum Gasteiger partial charge on any atom is -0.493 e. The number of benzene rings is 2. The smallest absolute Gasteiger partial charge is 0.263 e. The van der Waals surface area contributed by atoms with Crippen molar-refractivity contribution in [3.8, 4) is 28.6 Å². The molecular formula is C20H22N6O4. The summed E-state index contributed by atoms with van der Waals surface area (Å²) < 4.78 is 16.0. The van der Waals surface area contributed by atoms with Crippen LogP contribution < -0.4 is 19.6 Å². The van der Waals surface area contributed by atoms with Gasteiger partial charge in [0.05, 0.1) is 27.0 Å². The van der Waals surface area contributed by atoms with E-state index >= 15 is 0 Å². The Morgan fingerprint density at radius 3 is 2.33 bits per heavy atom. The van der Waals surface area contributed by atoms with E-state index in [1.165, 1.54) is 26.1 Å². The summed E-state index contributed by atoms with van der Waals surface area (Å²) in [7, 11) is 4.59. The highest BCUT2D eigenvalue weighted by atomic mass is 16.5. The van der Waals surface area contributed by atoms with Crippen LogP contribution in [0.2, 0.25) is 0 Å².